The third-order valence-corrected chi connectivity index (χ3v) is 7.88. The van der Waals surface area contributed by atoms with Crippen molar-refractivity contribution in [3.8, 4) is 20.9 Å². The Kier molecular flexibility index (Phi) is 7.88. The fourth-order valence-corrected chi connectivity index (χ4v) is 5.39. The number of nitrogens with one attached hydrogen (secondary N) is 1. The first-order valence-electron chi connectivity index (χ1n) is 10.7. The zero-order valence-corrected chi connectivity index (χ0v) is 22.0. The molecule has 0 atom stereocenters. The van der Waals surface area contributed by atoms with E-state index in [0.717, 1.165) is 39.4 Å². The van der Waals surface area contributed by atoms with Crippen LogP contribution < -0.4 is 5.32 Å². The summed E-state index contributed by atoms with van der Waals surface area (Å²) in [5, 5.41) is 6.87. The first-order valence-corrected chi connectivity index (χ1v) is 13.1. The molecule has 1 N–H and O–H groups in total. The second kappa shape index (κ2) is 10.9. The number of anilines is 2. The third kappa shape index (κ3) is 5.61. The Balaban J connectivity index is 1.72. The average molecular weight is 533 g/mol. The fourth-order valence-electron chi connectivity index (χ4n) is 3.37. The first kappa shape index (κ1) is 24.7. The lowest BCUT2D eigenvalue weighted by molar-refractivity contribution is 0.0601. The van der Waals surface area contributed by atoms with Crippen LogP contribution in [0.1, 0.15) is 36.3 Å². The number of thiazole rings is 1. The number of thiophene rings is 1. The van der Waals surface area contributed by atoms with E-state index in [4.69, 9.17) is 32.9 Å². The van der Waals surface area contributed by atoms with E-state index >= 15 is 0 Å². The standard InChI is InChI=1S/C25H23Cl2N3O2S2/c1-14(2)6-9-20-22(15-7-8-18(26)19(27)12-15)34-25(29-20)30-23-17(24(31)32-3)11-16(13-28-23)21-5-4-10-33-21/h4-5,7-8,10-14H,6,9H2,1-3H3,(H,28,29,30). The molecule has 3 heterocycles. The summed E-state index contributed by atoms with van der Waals surface area (Å²) in [4.78, 5) is 24.0. The van der Waals surface area contributed by atoms with Crippen LogP contribution in [-0.4, -0.2) is 23.0 Å². The Morgan fingerprint density at radius 1 is 1.15 bits per heavy atom. The second-order valence-electron chi connectivity index (χ2n) is 8.07. The smallest absolute Gasteiger partial charge is 0.341 e. The Morgan fingerprint density at radius 3 is 2.65 bits per heavy atom. The largest absolute Gasteiger partial charge is 0.465 e. The summed E-state index contributed by atoms with van der Waals surface area (Å²) in [6.07, 6.45) is 3.56. The van der Waals surface area contributed by atoms with Crippen molar-refractivity contribution in [3.63, 3.8) is 0 Å². The molecule has 0 fully saturated rings. The van der Waals surface area contributed by atoms with Gasteiger partial charge in [-0.1, -0.05) is 60.5 Å². The number of hydrogen-bond donors (Lipinski definition) is 1. The highest BCUT2D eigenvalue weighted by atomic mass is 35.5. The Labute approximate surface area is 216 Å². The average Bonchev–Trinajstić information content (AvgIpc) is 3.50. The maximum absolute atomic E-state index is 12.5. The SMILES string of the molecule is COC(=O)c1cc(-c2cccs2)cnc1Nc1nc(CCC(C)C)c(-c2ccc(Cl)c(Cl)c2)s1. The lowest BCUT2D eigenvalue weighted by atomic mass is 10.0. The third-order valence-electron chi connectivity index (χ3n) is 5.16. The van der Waals surface area contributed by atoms with Crippen LogP contribution in [0.2, 0.25) is 10.0 Å². The fraction of sp³-hybridized carbons (Fsp3) is 0.240. The van der Waals surface area contributed by atoms with Crippen LogP contribution in [0, 0.1) is 5.92 Å². The molecule has 0 unspecified atom stereocenters. The Bertz CT molecular complexity index is 1300. The van der Waals surface area contributed by atoms with Crippen molar-refractivity contribution in [2.24, 2.45) is 5.92 Å². The van der Waals surface area contributed by atoms with Crippen molar-refractivity contribution in [2.45, 2.75) is 26.7 Å². The molecule has 5 nitrogen and oxygen atoms in total. The highest BCUT2D eigenvalue weighted by molar-refractivity contribution is 7.19. The number of halogens is 2. The molecule has 9 heteroatoms. The van der Waals surface area contributed by atoms with Gasteiger partial charge in [0.05, 0.1) is 27.7 Å². The van der Waals surface area contributed by atoms with E-state index in [9.17, 15) is 4.79 Å². The number of methoxy groups -OCH3 is 1. The molecule has 0 bridgehead atoms. The van der Waals surface area contributed by atoms with Crippen molar-refractivity contribution < 1.29 is 9.53 Å². The zero-order valence-electron chi connectivity index (χ0n) is 18.9. The highest BCUT2D eigenvalue weighted by Gasteiger charge is 2.19. The van der Waals surface area contributed by atoms with Gasteiger partial charge in [0, 0.05) is 16.6 Å². The van der Waals surface area contributed by atoms with Gasteiger partial charge in [-0.15, -0.1) is 11.3 Å². The number of hydrogen-bond acceptors (Lipinski definition) is 7. The molecule has 1 aromatic carbocycles. The number of pyridine rings is 1. The molecular weight excluding hydrogens is 509 g/mol. The number of ether oxygens (including phenoxy) is 1. The van der Waals surface area contributed by atoms with E-state index in [1.54, 1.807) is 29.7 Å². The number of aryl methyl sites for hydroxylation is 1. The van der Waals surface area contributed by atoms with Gasteiger partial charge < -0.3 is 10.1 Å². The molecule has 0 aliphatic carbocycles. The second-order valence-corrected chi connectivity index (χ2v) is 10.8. The van der Waals surface area contributed by atoms with Gasteiger partial charge >= 0.3 is 5.97 Å². The van der Waals surface area contributed by atoms with Gasteiger partial charge in [-0.3, -0.25) is 0 Å². The molecule has 3 aromatic heterocycles. The zero-order chi connectivity index (χ0) is 24.2. The number of carbonyl (C=O) groups is 1. The normalized spacial score (nSPS) is 11.1. The van der Waals surface area contributed by atoms with Gasteiger partial charge in [-0.2, -0.15) is 0 Å². The van der Waals surface area contributed by atoms with Crippen LogP contribution in [0.15, 0.2) is 48.0 Å². The molecule has 0 spiro atoms. The van der Waals surface area contributed by atoms with E-state index in [0.29, 0.717) is 32.5 Å². The maximum atomic E-state index is 12.5. The number of benzene rings is 1. The molecule has 0 aliphatic rings. The van der Waals surface area contributed by atoms with Gasteiger partial charge in [0.1, 0.15) is 11.4 Å². The van der Waals surface area contributed by atoms with Crippen LogP contribution in [0.5, 0.6) is 0 Å². The minimum absolute atomic E-state index is 0.350. The highest BCUT2D eigenvalue weighted by Crippen LogP contribution is 2.38. The monoisotopic (exact) mass is 531 g/mol. The number of esters is 1. The summed E-state index contributed by atoms with van der Waals surface area (Å²) < 4.78 is 5.01. The summed E-state index contributed by atoms with van der Waals surface area (Å²) in [6, 6.07) is 11.3. The van der Waals surface area contributed by atoms with Crippen LogP contribution >= 0.6 is 45.9 Å². The van der Waals surface area contributed by atoms with Crippen LogP contribution in [-0.2, 0) is 11.2 Å². The Hall–Kier alpha value is -2.45. The number of carbonyl (C=O) groups excluding carboxylic acids is 1. The van der Waals surface area contributed by atoms with E-state index in [1.807, 2.05) is 29.6 Å². The number of rotatable bonds is 8. The van der Waals surface area contributed by atoms with E-state index in [2.05, 4.69) is 24.1 Å². The van der Waals surface area contributed by atoms with Gasteiger partial charge in [0.25, 0.3) is 0 Å². The molecule has 0 saturated carbocycles. The number of nitrogens with zero attached hydrogens (tertiary/aromatic N) is 2. The molecule has 0 aliphatic heterocycles. The number of aromatic nitrogens is 2. The molecule has 0 saturated heterocycles. The molecule has 176 valence electrons. The summed E-state index contributed by atoms with van der Waals surface area (Å²) in [6.45, 7) is 4.37. The van der Waals surface area contributed by atoms with Crippen LogP contribution in [0.25, 0.3) is 20.9 Å². The summed E-state index contributed by atoms with van der Waals surface area (Å²) in [5.41, 5.74) is 3.12. The summed E-state index contributed by atoms with van der Waals surface area (Å²) in [7, 11) is 1.36. The molecule has 34 heavy (non-hydrogen) atoms. The molecule has 4 rings (SSSR count). The molecule has 4 aromatic rings. The Morgan fingerprint density at radius 2 is 1.97 bits per heavy atom. The predicted octanol–water partition coefficient (Wildman–Crippen LogP) is 8.36. The topological polar surface area (TPSA) is 64.1 Å². The van der Waals surface area contributed by atoms with E-state index in [1.165, 1.54) is 18.4 Å². The minimum Gasteiger partial charge on any atom is -0.465 e. The van der Waals surface area contributed by atoms with Crippen molar-refractivity contribution in [3.05, 3.63) is 69.3 Å². The molecule has 0 amide bonds. The summed E-state index contributed by atoms with van der Waals surface area (Å²) in [5.74, 6) is 0.476. The van der Waals surface area contributed by atoms with Gasteiger partial charge in [-0.05, 0) is 54.0 Å². The van der Waals surface area contributed by atoms with Gasteiger partial charge in [0.15, 0.2) is 5.13 Å². The van der Waals surface area contributed by atoms with E-state index in [-0.39, 0.29) is 0 Å². The summed E-state index contributed by atoms with van der Waals surface area (Å²) >= 11 is 15.5. The van der Waals surface area contributed by atoms with Crippen molar-refractivity contribution in [1.29, 1.82) is 0 Å². The van der Waals surface area contributed by atoms with E-state index < -0.39 is 5.97 Å². The minimum atomic E-state index is -0.463. The quantitative estimate of drug-likeness (QED) is 0.231. The van der Waals surface area contributed by atoms with Crippen LogP contribution in [0.4, 0.5) is 10.9 Å². The lowest BCUT2D eigenvalue weighted by Crippen LogP contribution is -2.07. The lowest BCUT2D eigenvalue weighted by Gasteiger charge is -2.09. The predicted molar refractivity (Wildman–Crippen MR) is 143 cm³/mol. The van der Waals surface area contributed by atoms with Gasteiger partial charge in [0.2, 0.25) is 0 Å². The van der Waals surface area contributed by atoms with Gasteiger partial charge in [-0.25, -0.2) is 14.8 Å². The van der Waals surface area contributed by atoms with Crippen molar-refractivity contribution >= 4 is 62.8 Å². The molecule has 0 radical (unpaired) electrons. The van der Waals surface area contributed by atoms with Crippen molar-refractivity contribution in [2.75, 3.05) is 12.4 Å². The van der Waals surface area contributed by atoms with Crippen molar-refractivity contribution in [1.82, 2.24) is 9.97 Å². The maximum Gasteiger partial charge on any atom is 0.341 e. The van der Waals surface area contributed by atoms with Crippen LogP contribution in [0.3, 0.4) is 0 Å². The molecular formula is C25H23Cl2N3O2S2. The first-order chi connectivity index (χ1) is 16.4.